The van der Waals surface area contributed by atoms with Gasteiger partial charge < -0.3 is 25.6 Å². The van der Waals surface area contributed by atoms with E-state index in [1.165, 1.54) is 0 Å². The molecule has 2 fully saturated rings. The van der Waals surface area contributed by atoms with Crippen LogP contribution in [0.25, 0.3) is 28.0 Å². The summed E-state index contributed by atoms with van der Waals surface area (Å²) in [5, 5.41) is 16.4. The van der Waals surface area contributed by atoms with Crippen molar-refractivity contribution in [2.24, 2.45) is 0 Å². The molecule has 4 aromatic rings. The third-order valence-electron chi connectivity index (χ3n) is 7.79. The van der Waals surface area contributed by atoms with Crippen LogP contribution in [-0.2, 0) is 4.74 Å². The van der Waals surface area contributed by atoms with E-state index in [0.29, 0.717) is 42.2 Å². The van der Waals surface area contributed by atoms with Crippen molar-refractivity contribution >= 4 is 23.4 Å². The minimum absolute atomic E-state index is 0.0482. The summed E-state index contributed by atoms with van der Waals surface area (Å²) in [6.45, 7) is 1.19. The van der Waals surface area contributed by atoms with Crippen LogP contribution >= 0.6 is 0 Å². The molecule has 0 saturated carbocycles. The molecule has 3 aromatic heterocycles. The van der Waals surface area contributed by atoms with Gasteiger partial charge in [0.05, 0.1) is 36.4 Å². The highest BCUT2D eigenvalue weighted by Crippen LogP contribution is 2.28. The lowest BCUT2D eigenvalue weighted by Crippen LogP contribution is -2.46. The number of rotatable bonds is 7. The summed E-state index contributed by atoms with van der Waals surface area (Å²) >= 11 is 0. The van der Waals surface area contributed by atoms with E-state index < -0.39 is 18.8 Å². The summed E-state index contributed by atoms with van der Waals surface area (Å²) in [6.07, 6.45) is 6.37. The number of carbonyl (C=O) groups excluding carboxylic acids is 2. The molecule has 0 spiro atoms. The van der Waals surface area contributed by atoms with Gasteiger partial charge in [-0.25, -0.2) is 19.1 Å². The van der Waals surface area contributed by atoms with Crippen molar-refractivity contribution in [3.05, 3.63) is 55.1 Å². The first-order chi connectivity index (χ1) is 21.2. The van der Waals surface area contributed by atoms with Gasteiger partial charge in [0.15, 0.2) is 5.65 Å². The normalized spacial score (nSPS) is 17.6. The van der Waals surface area contributed by atoms with E-state index in [-0.39, 0.29) is 18.2 Å². The molecular weight excluding hydrogens is 579 g/mol. The fourth-order valence-corrected chi connectivity index (χ4v) is 5.48. The number of amides is 4. The monoisotopic (exact) mass is 611 g/mol. The molecule has 0 radical (unpaired) electrons. The van der Waals surface area contributed by atoms with Crippen LogP contribution in [0.4, 0.5) is 28.4 Å². The minimum atomic E-state index is -4.50. The number of fused-ring (bicyclic) bond motifs is 1. The van der Waals surface area contributed by atoms with E-state index in [1.54, 1.807) is 52.7 Å². The lowest BCUT2D eigenvalue weighted by molar-refractivity contribution is -0.122. The topological polar surface area (TPSA) is 131 Å². The maximum atomic E-state index is 12.6. The Bertz CT molecular complexity index is 1620. The van der Waals surface area contributed by atoms with Crippen molar-refractivity contribution in [2.45, 2.75) is 44.0 Å². The number of urea groups is 2. The molecule has 1 atom stereocenters. The van der Waals surface area contributed by atoms with Crippen LogP contribution in [0, 0.1) is 0 Å². The number of alkyl halides is 3. The van der Waals surface area contributed by atoms with Crippen LogP contribution in [0.3, 0.4) is 0 Å². The van der Waals surface area contributed by atoms with Crippen LogP contribution in [0.2, 0.25) is 0 Å². The van der Waals surface area contributed by atoms with E-state index in [0.717, 1.165) is 43.4 Å². The first kappa shape index (κ1) is 29.4. The van der Waals surface area contributed by atoms with Crippen molar-refractivity contribution in [1.82, 2.24) is 39.9 Å². The Kier molecular flexibility index (Phi) is 8.37. The number of ether oxygens (including phenoxy) is 1. The van der Waals surface area contributed by atoms with Gasteiger partial charge >= 0.3 is 18.2 Å². The van der Waals surface area contributed by atoms with Gasteiger partial charge in [-0.2, -0.15) is 23.4 Å². The number of piperidine rings is 1. The molecule has 2 saturated heterocycles. The molecule has 4 amide bonds. The SMILES string of the molecule is O=C(NCC(F)(F)F)Nc1cccc(-c2cnc3cc(-c4cnn(C5CCN(C(=O)NCC6CCCO6)CC5)c4)cnn23)c1. The van der Waals surface area contributed by atoms with Crippen LogP contribution in [0.1, 0.15) is 31.7 Å². The second-order valence-corrected chi connectivity index (χ2v) is 10.9. The van der Waals surface area contributed by atoms with Gasteiger partial charge in [-0.1, -0.05) is 12.1 Å². The number of nitrogens with zero attached hydrogens (tertiary/aromatic N) is 6. The Balaban J connectivity index is 1.07. The summed E-state index contributed by atoms with van der Waals surface area (Å²) in [7, 11) is 0. The minimum Gasteiger partial charge on any atom is -0.376 e. The zero-order chi connectivity index (χ0) is 30.7. The molecule has 5 heterocycles. The number of likely N-dealkylation sites (tertiary alicyclic amines) is 1. The molecule has 3 N–H and O–H groups in total. The van der Waals surface area contributed by atoms with Gasteiger partial charge in [0.25, 0.3) is 0 Å². The van der Waals surface area contributed by atoms with Gasteiger partial charge in [0.2, 0.25) is 0 Å². The molecule has 2 aliphatic rings. The number of hydrogen-bond acceptors (Lipinski definition) is 6. The Hall–Kier alpha value is -4.66. The van der Waals surface area contributed by atoms with Crippen molar-refractivity contribution in [3.63, 3.8) is 0 Å². The highest BCUT2D eigenvalue weighted by Gasteiger charge is 2.28. The molecule has 0 aliphatic carbocycles. The van der Waals surface area contributed by atoms with E-state index in [2.05, 4.69) is 25.8 Å². The number of hydrogen-bond donors (Lipinski definition) is 3. The van der Waals surface area contributed by atoms with Gasteiger partial charge in [0, 0.05) is 54.8 Å². The van der Waals surface area contributed by atoms with Crippen LogP contribution < -0.4 is 16.0 Å². The number of nitrogens with one attached hydrogen (secondary N) is 3. The molecular formula is C29H32F3N9O3. The van der Waals surface area contributed by atoms with Crippen LogP contribution in [0.5, 0.6) is 0 Å². The molecule has 44 heavy (non-hydrogen) atoms. The molecule has 1 aromatic carbocycles. The average Bonchev–Trinajstić information content (AvgIpc) is 3.80. The first-order valence-corrected chi connectivity index (χ1v) is 14.5. The zero-order valence-corrected chi connectivity index (χ0v) is 23.8. The molecule has 12 nitrogen and oxygen atoms in total. The predicted molar refractivity (Wildman–Crippen MR) is 155 cm³/mol. The van der Waals surface area contributed by atoms with Crippen molar-refractivity contribution in [2.75, 3.05) is 38.1 Å². The lowest BCUT2D eigenvalue weighted by Gasteiger charge is -2.32. The second kappa shape index (κ2) is 12.5. The fourth-order valence-electron chi connectivity index (χ4n) is 5.48. The molecule has 15 heteroatoms. The third kappa shape index (κ3) is 6.93. The highest BCUT2D eigenvalue weighted by atomic mass is 19.4. The number of carbonyl (C=O) groups is 2. The van der Waals surface area contributed by atoms with E-state index in [9.17, 15) is 22.8 Å². The number of halogens is 3. The summed E-state index contributed by atoms with van der Waals surface area (Å²) < 4.78 is 46.4. The number of anilines is 1. The quantitative estimate of drug-likeness (QED) is 0.283. The van der Waals surface area contributed by atoms with Gasteiger partial charge in [-0.05, 0) is 43.9 Å². The average molecular weight is 612 g/mol. The third-order valence-corrected chi connectivity index (χ3v) is 7.79. The number of aromatic nitrogens is 5. The maximum Gasteiger partial charge on any atom is 0.405 e. The summed E-state index contributed by atoms with van der Waals surface area (Å²) in [6, 6.07) is 7.75. The first-order valence-electron chi connectivity index (χ1n) is 14.5. The smallest absolute Gasteiger partial charge is 0.376 e. The molecule has 232 valence electrons. The largest absolute Gasteiger partial charge is 0.405 e. The number of imidazole rings is 1. The van der Waals surface area contributed by atoms with Crippen molar-refractivity contribution < 1.29 is 27.5 Å². The fraction of sp³-hybridized carbons (Fsp3) is 0.414. The summed E-state index contributed by atoms with van der Waals surface area (Å²) in [5.41, 5.74) is 3.96. The second-order valence-electron chi connectivity index (χ2n) is 10.9. The van der Waals surface area contributed by atoms with E-state index in [4.69, 9.17) is 4.74 Å². The van der Waals surface area contributed by atoms with E-state index >= 15 is 0 Å². The standard InChI is InChI=1S/C29H32F3N9O3/c30-29(31,32)18-35-27(42)38-22-4-1-3-19(11-22)25-16-33-26-12-20(13-37-41(25)26)21-14-36-40(17-21)23-6-8-39(9-7-23)28(43)34-15-24-5-2-10-44-24/h1,3-4,11-14,16-17,23-24H,2,5-10,15,18H2,(H,34,43)(H2,35,38,42). The lowest BCUT2D eigenvalue weighted by atomic mass is 10.1. The van der Waals surface area contributed by atoms with Crippen molar-refractivity contribution in [1.29, 1.82) is 0 Å². The van der Waals surface area contributed by atoms with Crippen LogP contribution in [0.15, 0.2) is 55.1 Å². The van der Waals surface area contributed by atoms with Gasteiger partial charge in [-0.15, -0.1) is 0 Å². The van der Waals surface area contributed by atoms with Gasteiger partial charge in [-0.3, -0.25) is 4.68 Å². The van der Waals surface area contributed by atoms with Crippen molar-refractivity contribution in [3.8, 4) is 22.4 Å². The predicted octanol–water partition coefficient (Wildman–Crippen LogP) is 4.47. The Morgan fingerprint density at radius 1 is 0.977 bits per heavy atom. The highest BCUT2D eigenvalue weighted by molar-refractivity contribution is 5.90. The molecule has 2 aliphatic heterocycles. The number of benzene rings is 1. The van der Waals surface area contributed by atoms with Gasteiger partial charge in [0.1, 0.15) is 6.54 Å². The Morgan fingerprint density at radius 2 is 1.80 bits per heavy atom. The summed E-state index contributed by atoms with van der Waals surface area (Å²) in [5.74, 6) is 0. The summed E-state index contributed by atoms with van der Waals surface area (Å²) in [4.78, 5) is 30.8. The Labute approximate surface area is 250 Å². The zero-order valence-electron chi connectivity index (χ0n) is 23.8. The molecule has 0 bridgehead atoms. The van der Waals surface area contributed by atoms with E-state index in [1.807, 2.05) is 21.8 Å². The Morgan fingerprint density at radius 3 is 2.57 bits per heavy atom. The van der Waals surface area contributed by atoms with Crippen LogP contribution in [-0.4, -0.2) is 86.4 Å². The maximum absolute atomic E-state index is 12.6. The molecule has 6 rings (SSSR count). The molecule has 1 unspecified atom stereocenters.